The molecule has 0 saturated carbocycles. The van der Waals surface area contributed by atoms with E-state index in [1.165, 1.54) is 5.56 Å². The van der Waals surface area contributed by atoms with Crippen LogP contribution in [0.3, 0.4) is 0 Å². The Morgan fingerprint density at radius 2 is 2.14 bits per heavy atom. The summed E-state index contributed by atoms with van der Waals surface area (Å²) in [5.41, 5.74) is 3.31. The van der Waals surface area contributed by atoms with Crippen LogP contribution in [-0.4, -0.2) is 17.1 Å². The molecule has 0 bridgehead atoms. The standard InChI is InChI=1S/C11H14N2O/c1-7(2)8-6-12-9-4-5-10(14-3)13-11(8)9/h4-7,12H,1-3H3. The Balaban J connectivity index is 2.63. The van der Waals surface area contributed by atoms with Crippen molar-refractivity contribution in [2.24, 2.45) is 0 Å². The number of hydrogen-bond acceptors (Lipinski definition) is 2. The second-order valence-corrected chi connectivity index (χ2v) is 3.65. The zero-order valence-corrected chi connectivity index (χ0v) is 8.66. The van der Waals surface area contributed by atoms with E-state index < -0.39 is 0 Å². The number of nitrogens with one attached hydrogen (secondary N) is 1. The topological polar surface area (TPSA) is 37.9 Å². The predicted octanol–water partition coefficient (Wildman–Crippen LogP) is 2.69. The largest absolute Gasteiger partial charge is 0.481 e. The zero-order valence-electron chi connectivity index (χ0n) is 8.66. The summed E-state index contributed by atoms with van der Waals surface area (Å²) in [6.07, 6.45) is 2.02. The predicted molar refractivity (Wildman–Crippen MR) is 56.7 cm³/mol. The van der Waals surface area contributed by atoms with Gasteiger partial charge in [0.1, 0.15) is 0 Å². The van der Waals surface area contributed by atoms with E-state index in [0.29, 0.717) is 11.8 Å². The molecule has 0 aliphatic carbocycles. The van der Waals surface area contributed by atoms with E-state index in [2.05, 4.69) is 23.8 Å². The average Bonchev–Trinajstić information content (AvgIpc) is 2.59. The first kappa shape index (κ1) is 9.06. The number of pyridine rings is 1. The van der Waals surface area contributed by atoms with Crippen molar-refractivity contribution >= 4 is 11.0 Å². The number of H-pyrrole nitrogens is 1. The first-order chi connectivity index (χ1) is 6.72. The number of methoxy groups -OCH3 is 1. The van der Waals surface area contributed by atoms with Crippen molar-refractivity contribution < 1.29 is 4.74 Å². The van der Waals surface area contributed by atoms with Gasteiger partial charge >= 0.3 is 0 Å². The Kier molecular flexibility index (Phi) is 2.15. The Labute approximate surface area is 83.1 Å². The molecule has 0 amide bonds. The number of nitrogens with zero attached hydrogens (tertiary/aromatic N) is 1. The summed E-state index contributed by atoms with van der Waals surface area (Å²) in [6.45, 7) is 4.31. The monoisotopic (exact) mass is 190 g/mol. The summed E-state index contributed by atoms with van der Waals surface area (Å²) in [7, 11) is 1.63. The number of aromatic nitrogens is 2. The smallest absolute Gasteiger partial charge is 0.213 e. The fourth-order valence-electron chi connectivity index (χ4n) is 1.56. The Morgan fingerprint density at radius 3 is 2.79 bits per heavy atom. The van der Waals surface area contributed by atoms with E-state index >= 15 is 0 Å². The van der Waals surface area contributed by atoms with Gasteiger partial charge in [-0.1, -0.05) is 13.8 Å². The molecule has 0 fully saturated rings. The highest BCUT2D eigenvalue weighted by molar-refractivity contribution is 5.79. The van der Waals surface area contributed by atoms with Gasteiger partial charge in [-0.25, -0.2) is 4.98 Å². The molecule has 0 radical (unpaired) electrons. The normalized spacial score (nSPS) is 11.1. The van der Waals surface area contributed by atoms with Crippen LogP contribution < -0.4 is 4.74 Å². The summed E-state index contributed by atoms with van der Waals surface area (Å²) in [5, 5.41) is 0. The summed E-state index contributed by atoms with van der Waals surface area (Å²) in [4.78, 5) is 7.62. The molecule has 3 nitrogen and oxygen atoms in total. The lowest BCUT2D eigenvalue weighted by Crippen LogP contribution is -1.90. The molecule has 3 heteroatoms. The number of hydrogen-bond donors (Lipinski definition) is 1. The molecule has 2 rings (SSSR count). The number of aromatic amines is 1. The molecule has 0 unspecified atom stereocenters. The van der Waals surface area contributed by atoms with Crippen LogP contribution in [0.15, 0.2) is 18.3 Å². The van der Waals surface area contributed by atoms with E-state index in [4.69, 9.17) is 4.74 Å². The van der Waals surface area contributed by atoms with Gasteiger partial charge in [0.25, 0.3) is 0 Å². The van der Waals surface area contributed by atoms with E-state index in [-0.39, 0.29) is 0 Å². The van der Waals surface area contributed by atoms with E-state index in [0.717, 1.165) is 11.0 Å². The molecule has 2 aromatic rings. The Hall–Kier alpha value is -1.51. The first-order valence-corrected chi connectivity index (χ1v) is 4.74. The minimum atomic E-state index is 0.475. The van der Waals surface area contributed by atoms with Crippen molar-refractivity contribution in [2.45, 2.75) is 19.8 Å². The third kappa shape index (κ3) is 1.35. The molecule has 74 valence electrons. The van der Waals surface area contributed by atoms with Gasteiger partial charge in [0.2, 0.25) is 5.88 Å². The summed E-state index contributed by atoms with van der Waals surface area (Å²) in [6, 6.07) is 3.86. The first-order valence-electron chi connectivity index (χ1n) is 4.74. The van der Waals surface area contributed by atoms with Crippen molar-refractivity contribution in [1.82, 2.24) is 9.97 Å². The molecule has 1 N–H and O–H groups in total. The van der Waals surface area contributed by atoms with Crippen LogP contribution in [-0.2, 0) is 0 Å². The van der Waals surface area contributed by atoms with Gasteiger partial charge in [-0.2, -0.15) is 0 Å². The molecule has 0 saturated heterocycles. The minimum Gasteiger partial charge on any atom is -0.481 e. The van der Waals surface area contributed by atoms with Crippen molar-refractivity contribution in [1.29, 1.82) is 0 Å². The Morgan fingerprint density at radius 1 is 1.36 bits per heavy atom. The highest BCUT2D eigenvalue weighted by Crippen LogP contribution is 2.25. The second-order valence-electron chi connectivity index (χ2n) is 3.65. The average molecular weight is 190 g/mol. The van der Waals surface area contributed by atoms with Gasteiger partial charge in [0, 0.05) is 12.3 Å². The highest BCUT2D eigenvalue weighted by atomic mass is 16.5. The summed E-state index contributed by atoms with van der Waals surface area (Å²) < 4.78 is 5.10. The lowest BCUT2D eigenvalue weighted by Gasteiger charge is -2.02. The molecule has 2 aromatic heterocycles. The molecule has 0 spiro atoms. The SMILES string of the molecule is COc1ccc2[nH]cc(C(C)C)c2n1. The number of rotatable bonds is 2. The number of ether oxygens (including phenoxy) is 1. The maximum Gasteiger partial charge on any atom is 0.213 e. The third-order valence-corrected chi connectivity index (χ3v) is 2.36. The van der Waals surface area contributed by atoms with Crippen LogP contribution in [0.25, 0.3) is 11.0 Å². The van der Waals surface area contributed by atoms with Crippen molar-refractivity contribution in [3.05, 3.63) is 23.9 Å². The highest BCUT2D eigenvalue weighted by Gasteiger charge is 2.09. The molecular formula is C11H14N2O. The van der Waals surface area contributed by atoms with Gasteiger partial charge in [-0.15, -0.1) is 0 Å². The summed E-state index contributed by atoms with van der Waals surface area (Å²) >= 11 is 0. The molecule has 0 aromatic carbocycles. The van der Waals surface area contributed by atoms with Crippen LogP contribution in [0, 0.1) is 0 Å². The van der Waals surface area contributed by atoms with E-state index in [9.17, 15) is 0 Å². The van der Waals surface area contributed by atoms with Crippen molar-refractivity contribution in [2.75, 3.05) is 7.11 Å². The van der Waals surface area contributed by atoms with Crippen LogP contribution in [0.1, 0.15) is 25.3 Å². The minimum absolute atomic E-state index is 0.475. The molecule has 14 heavy (non-hydrogen) atoms. The third-order valence-electron chi connectivity index (χ3n) is 2.36. The lowest BCUT2D eigenvalue weighted by atomic mass is 10.1. The van der Waals surface area contributed by atoms with Gasteiger partial charge in [0.05, 0.1) is 18.1 Å². The van der Waals surface area contributed by atoms with Crippen molar-refractivity contribution in [3.63, 3.8) is 0 Å². The molecular weight excluding hydrogens is 176 g/mol. The van der Waals surface area contributed by atoms with Gasteiger partial charge in [-0.05, 0) is 17.5 Å². The van der Waals surface area contributed by atoms with Gasteiger partial charge in [-0.3, -0.25) is 0 Å². The molecule has 0 aliphatic heterocycles. The van der Waals surface area contributed by atoms with Crippen LogP contribution in [0.2, 0.25) is 0 Å². The summed E-state index contributed by atoms with van der Waals surface area (Å²) in [5.74, 6) is 1.14. The molecule has 0 atom stereocenters. The van der Waals surface area contributed by atoms with E-state index in [1.807, 2.05) is 18.3 Å². The maximum absolute atomic E-state index is 5.10. The van der Waals surface area contributed by atoms with Crippen LogP contribution in [0.5, 0.6) is 5.88 Å². The lowest BCUT2D eigenvalue weighted by molar-refractivity contribution is 0.399. The van der Waals surface area contributed by atoms with Gasteiger partial charge in [0.15, 0.2) is 0 Å². The fraction of sp³-hybridized carbons (Fsp3) is 0.364. The van der Waals surface area contributed by atoms with Gasteiger partial charge < -0.3 is 9.72 Å². The maximum atomic E-state index is 5.10. The zero-order chi connectivity index (χ0) is 10.1. The number of fused-ring (bicyclic) bond motifs is 1. The molecule has 2 heterocycles. The molecule has 0 aliphatic rings. The van der Waals surface area contributed by atoms with E-state index in [1.54, 1.807) is 7.11 Å². The van der Waals surface area contributed by atoms with Crippen molar-refractivity contribution in [3.8, 4) is 5.88 Å². The van der Waals surface area contributed by atoms with Crippen LogP contribution in [0.4, 0.5) is 0 Å². The Bertz CT molecular complexity index is 445. The fourth-order valence-corrected chi connectivity index (χ4v) is 1.56. The second kappa shape index (κ2) is 3.33. The van der Waals surface area contributed by atoms with Crippen LogP contribution >= 0.6 is 0 Å². The quantitative estimate of drug-likeness (QED) is 0.790.